The molecular weight excluding hydrogens is 420 g/mol. The number of esters is 1. The molecule has 34 heavy (non-hydrogen) atoms. The second-order valence-electron chi connectivity index (χ2n) is 10.4. The number of benzene rings is 3. The fourth-order valence-electron chi connectivity index (χ4n) is 7.30. The van der Waals surface area contributed by atoms with E-state index in [1.807, 2.05) is 30.3 Å². The third-order valence-corrected chi connectivity index (χ3v) is 8.86. The molecule has 1 unspecified atom stereocenters. The minimum atomic E-state index is -0.297. The highest BCUT2D eigenvalue weighted by Gasteiger charge is 2.54. The summed E-state index contributed by atoms with van der Waals surface area (Å²) < 4.78 is 8.48. The first-order valence-corrected chi connectivity index (χ1v) is 12.7. The molecule has 1 aromatic heterocycles. The van der Waals surface area contributed by atoms with Crippen LogP contribution in [0.1, 0.15) is 55.9 Å². The Hall–Kier alpha value is -3.11. The molecule has 3 aliphatic heterocycles. The molecule has 4 heteroatoms. The van der Waals surface area contributed by atoms with Crippen LogP contribution in [-0.4, -0.2) is 28.5 Å². The quantitative estimate of drug-likeness (QED) is 0.266. The summed E-state index contributed by atoms with van der Waals surface area (Å²) >= 11 is 0. The maximum Gasteiger partial charge on any atom is 0.334 e. The molecule has 3 atom stereocenters. The van der Waals surface area contributed by atoms with Crippen LogP contribution in [0, 0.1) is 5.41 Å². The molecule has 3 aromatic carbocycles. The molecule has 0 saturated carbocycles. The monoisotopic (exact) mass is 450 g/mol. The second kappa shape index (κ2) is 7.44. The molecule has 1 saturated heterocycles. The van der Waals surface area contributed by atoms with Gasteiger partial charge in [0.25, 0.3) is 0 Å². The summed E-state index contributed by atoms with van der Waals surface area (Å²) in [4.78, 5) is 16.6. The van der Waals surface area contributed by atoms with Crippen LogP contribution in [0.4, 0.5) is 0 Å². The molecule has 4 heterocycles. The maximum absolute atomic E-state index is 13.9. The smallest absolute Gasteiger partial charge is 0.334 e. The number of hydrogen-bond donors (Lipinski definition) is 0. The molecule has 0 bridgehead atoms. The maximum atomic E-state index is 13.9. The van der Waals surface area contributed by atoms with E-state index in [1.54, 1.807) is 0 Å². The summed E-state index contributed by atoms with van der Waals surface area (Å²) in [5.74, 6) is 0.500. The summed E-state index contributed by atoms with van der Waals surface area (Å²) in [6.07, 6.45) is 5.40. The van der Waals surface area contributed by atoms with Crippen molar-refractivity contribution in [1.82, 2.24) is 9.47 Å². The van der Waals surface area contributed by atoms with Gasteiger partial charge in [-0.25, -0.2) is 4.79 Å². The van der Waals surface area contributed by atoms with Crippen LogP contribution in [0.3, 0.4) is 0 Å². The molecule has 0 radical (unpaired) electrons. The van der Waals surface area contributed by atoms with Crippen LogP contribution < -0.4 is 4.74 Å². The average molecular weight is 451 g/mol. The highest BCUT2D eigenvalue weighted by atomic mass is 16.5. The number of nitrogens with zero attached hydrogens (tertiary/aromatic N) is 2. The van der Waals surface area contributed by atoms with Crippen LogP contribution >= 0.6 is 0 Å². The van der Waals surface area contributed by atoms with E-state index in [1.165, 1.54) is 41.5 Å². The van der Waals surface area contributed by atoms with E-state index >= 15 is 0 Å². The number of piperidine rings is 1. The lowest BCUT2D eigenvalue weighted by atomic mass is 9.63. The van der Waals surface area contributed by atoms with Crippen molar-refractivity contribution in [2.24, 2.45) is 5.41 Å². The molecule has 7 rings (SSSR count). The summed E-state index contributed by atoms with van der Waals surface area (Å²) in [6.45, 7) is 4.61. The van der Waals surface area contributed by atoms with Crippen molar-refractivity contribution in [2.45, 2.75) is 51.1 Å². The molecule has 4 aromatic rings. The Morgan fingerprint density at radius 2 is 1.85 bits per heavy atom. The Morgan fingerprint density at radius 1 is 1.03 bits per heavy atom. The summed E-state index contributed by atoms with van der Waals surface area (Å²) in [5, 5.41) is 3.56. The zero-order chi connectivity index (χ0) is 22.9. The minimum absolute atomic E-state index is 0.130. The Kier molecular flexibility index (Phi) is 4.44. The number of ether oxygens (including phenoxy) is 1. The molecule has 172 valence electrons. The lowest BCUT2D eigenvalue weighted by molar-refractivity contribution is -0.142. The molecule has 3 aliphatic rings. The molecule has 0 spiro atoms. The molecule has 1 fully saturated rings. The number of carbonyl (C=O) groups is 1. The second-order valence-corrected chi connectivity index (χ2v) is 10.4. The standard InChI is InChI=1S/C30H30N2O2/c1-2-30-15-7-16-31-17-14-24-23-10-5-6-11-25(23)32(27(24)28(30)31)26(19-30)29(33)34-22-13-12-20-8-3-4-9-21(20)18-22/h3-6,8-13,18,26,28H,2,7,14-17,19H2,1H3/t26?,28-,30+/m1/s1. The first-order chi connectivity index (χ1) is 16.7. The van der Waals surface area contributed by atoms with Gasteiger partial charge in [-0.05, 0) is 78.6 Å². The van der Waals surface area contributed by atoms with E-state index < -0.39 is 0 Å². The molecule has 0 aliphatic carbocycles. The van der Waals surface area contributed by atoms with Crippen molar-refractivity contribution in [3.63, 3.8) is 0 Å². The minimum Gasteiger partial charge on any atom is -0.425 e. The predicted molar refractivity (Wildman–Crippen MR) is 135 cm³/mol. The highest BCUT2D eigenvalue weighted by molar-refractivity contribution is 5.90. The zero-order valence-corrected chi connectivity index (χ0v) is 19.7. The third-order valence-electron chi connectivity index (χ3n) is 8.86. The van der Waals surface area contributed by atoms with Gasteiger partial charge in [-0.1, -0.05) is 55.5 Å². The van der Waals surface area contributed by atoms with Crippen molar-refractivity contribution in [3.05, 3.63) is 78.0 Å². The molecule has 0 N–H and O–H groups in total. The topological polar surface area (TPSA) is 34.5 Å². The van der Waals surface area contributed by atoms with Crippen LogP contribution in [-0.2, 0) is 11.2 Å². The number of aromatic nitrogens is 1. The number of hydrogen-bond acceptors (Lipinski definition) is 3. The van der Waals surface area contributed by atoms with Crippen molar-refractivity contribution in [1.29, 1.82) is 0 Å². The van der Waals surface area contributed by atoms with Crippen LogP contribution in [0.2, 0.25) is 0 Å². The third kappa shape index (κ3) is 2.78. The first kappa shape index (κ1) is 20.3. The van der Waals surface area contributed by atoms with Crippen LogP contribution in [0.15, 0.2) is 66.7 Å². The van der Waals surface area contributed by atoms with E-state index in [9.17, 15) is 4.79 Å². The average Bonchev–Trinajstić information content (AvgIpc) is 3.22. The van der Waals surface area contributed by atoms with Crippen molar-refractivity contribution < 1.29 is 9.53 Å². The zero-order valence-electron chi connectivity index (χ0n) is 19.7. The van der Waals surface area contributed by atoms with Gasteiger partial charge in [0.2, 0.25) is 0 Å². The first-order valence-electron chi connectivity index (χ1n) is 12.7. The Labute approximate surface area is 200 Å². The molecule has 0 amide bonds. The van der Waals surface area contributed by atoms with Crippen molar-refractivity contribution in [2.75, 3.05) is 13.1 Å². The number of para-hydroxylation sites is 1. The van der Waals surface area contributed by atoms with Gasteiger partial charge in [0, 0.05) is 23.1 Å². The number of fused-ring (bicyclic) bond motifs is 4. The van der Waals surface area contributed by atoms with E-state index in [4.69, 9.17) is 4.74 Å². The SMILES string of the molecule is CC[C@]12CCCN3CCc4c(n(c5ccccc45)C(C(=O)Oc4ccc5ccccc5c4)C1)[C@@H]32. The summed E-state index contributed by atoms with van der Waals surface area (Å²) in [5.41, 5.74) is 4.16. The van der Waals surface area contributed by atoms with Gasteiger partial charge in [0.15, 0.2) is 0 Å². The highest BCUT2D eigenvalue weighted by Crippen LogP contribution is 2.59. The van der Waals surface area contributed by atoms with E-state index in [-0.39, 0.29) is 17.4 Å². The van der Waals surface area contributed by atoms with E-state index in [0.717, 1.165) is 36.6 Å². The normalized spacial score (nSPS) is 25.9. The summed E-state index contributed by atoms with van der Waals surface area (Å²) in [6, 6.07) is 22.9. The van der Waals surface area contributed by atoms with Gasteiger partial charge in [-0.2, -0.15) is 0 Å². The van der Waals surface area contributed by atoms with E-state index in [0.29, 0.717) is 11.8 Å². The largest absolute Gasteiger partial charge is 0.425 e. The summed E-state index contributed by atoms with van der Waals surface area (Å²) in [7, 11) is 0. The molecular formula is C30H30N2O2. The number of carbonyl (C=O) groups excluding carboxylic acids is 1. The van der Waals surface area contributed by atoms with Gasteiger partial charge < -0.3 is 9.30 Å². The fraction of sp³-hybridized carbons (Fsp3) is 0.367. The Morgan fingerprint density at radius 3 is 2.74 bits per heavy atom. The van der Waals surface area contributed by atoms with Gasteiger partial charge in [0.1, 0.15) is 11.8 Å². The predicted octanol–water partition coefficient (Wildman–Crippen LogP) is 6.43. The van der Waals surface area contributed by atoms with Crippen molar-refractivity contribution in [3.8, 4) is 5.75 Å². The lowest BCUT2D eigenvalue weighted by Crippen LogP contribution is -2.54. The fourth-order valence-corrected chi connectivity index (χ4v) is 7.30. The van der Waals surface area contributed by atoms with Gasteiger partial charge in [-0.15, -0.1) is 0 Å². The Bertz CT molecular complexity index is 1440. The molecule has 4 nitrogen and oxygen atoms in total. The lowest BCUT2D eigenvalue weighted by Gasteiger charge is -2.56. The van der Waals surface area contributed by atoms with Gasteiger partial charge in [-0.3, -0.25) is 4.90 Å². The van der Waals surface area contributed by atoms with Gasteiger partial charge in [0.05, 0.1) is 6.04 Å². The van der Waals surface area contributed by atoms with Crippen molar-refractivity contribution >= 4 is 27.6 Å². The van der Waals surface area contributed by atoms with Crippen LogP contribution in [0.5, 0.6) is 5.75 Å². The van der Waals surface area contributed by atoms with Crippen LogP contribution in [0.25, 0.3) is 21.7 Å². The Balaban J connectivity index is 1.37. The van der Waals surface area contributed by atoms with Gasteiger partial charge >= 0.3 is 5.97 Å². The number of rotatable bonds is 3. The van der Waals surface area contributed by atoms with E-state index in [2.05, 4.69) is 52.8 Å².